The van der Waals surface area contributed by atoms with Crippen LogP contribution >= 0.6 is 11.8 Å². The number of carbonyl (C=O) groups excluding carboxylic acids is 2. The van der Waals surface area contributed by atoms with Gasteiger partial charge in [-0.2, -0.15) is 0 Å². The van der Waals surface area contributed by atoms with Crippen LogP contribution < -0.4 is 16.4 Å². The van der Waals surface area contributed by atoms with Crippen LogP contribution in [0.2, 0.25) is 0 Å². The van der Waals surface area contributed by atoms with E-state index in [0.29, 0.717) is 5.69 Å². The van der Waals surface area contributed by atoms with Gasteiger partial charge in [0.1, 0.15) is 11.7 Å². The lowest BCUT2D eigenvalue weighted by Gasteiger charge is -2.51. The van der Waals surface area contributed by atoms with Crippen LogP contribution in [0.3, 0.4) is 0 Å². The number of ether oxygens (including phenoxy) is 1. The lowest BCUT2D eigenvalue weighted by Crippen LogP contribution is -2.83. The molecule has 3 saturated heterocycles. The molecule has 5 atom stereocenters. The maximum absolute atomic E-state index is 12.8. The molecule has 3 heterocycles. The van der Waals surface area contributed by atoms with Gasteiger partial charge in [0.2, 0.25) is 5.72 Å². The third-order valence-electron chi connectivity index (χ3n) is 5.33. The van der Waals surface area contributed by atoms with Crippen molar-refractivity contribution in [1.29, 1.82) is 0 Å². The molecule has 10 nitrogen and oxygen atoms in total. The van der Waals surface area contributed by atoms with Crippen LogP contribution in [0.4, 0.5) is 5.69 Å². The van der Waals surface area contributed by atoms with E-state index in [2.05, 4.69) is 10.6 Å². The number of para-hydroxylation sites is 1. The molecule has 8 N–H and O–H groups in total. The molecule has 1 unspecified atom stereocenters. The Morgan fingerprint density at radius 2 is 2.03 bits per heavy atom. The summed E-state index contributed by atoms with van der Waals surface area (Å²) in [6.07, 6.45) is -1.80. The third kappa shape index (κ3) is 3.69. The molecule has 1 aromatic rings. The molecule has 11 heteroatoms. The predicted octanol–water partition coefficient (Wildman–Crippen LogP) is -1.87. The molecule has 3 fully saturated rings. The van der Waals surface area contributed by atoms with Crippen LogP contribution in [-0.2, 0) is 14.3 Å². The average molecular weight is 427 g/mol. The Morgan fingerprint density at radius 1 is 1.34 bits per heavy atom. The van der Waals surface area contributed by atoms with Gasteiger partial charge in [-0.05, 0) is 25.5 Å². The minimum Gasteiger partial charge on any atom is -0.398 e. The molecule has 3 aliphatic heterocycles. The lowest BCUT2D eigenvalue weighted by atomic mass is 9.83. The van der Waals surface area contributed by atoms with Crippen LogP contribution in [0.15, 0.2) is 29.2 Å². The monoisotopic (exact) mass is 427 g/mol. The highest BCUT2D eigenvalue weighted by molar-refractivity contribution is 7.99. The van der Waals surface area contributed by atoms with E-state index in [-0.39, 0.29) is 18.8 Å². The molecule has 0 saturated carbocycles. The minimum atomic E-state index is -2.34. The summed E-state index contributed by atoms with van der Waals surface area (Å²) in [6.45, 7) is 0.118. The van der Waals surface area contributed by atoms with Gasteiger partial charge in [0.15, 0.2) is 0 Å². The molecule has 1 aromatic carbocycles. The van der Waals surface area contributed by atoms with E-state index in [0.717, 1.165) is 11.8 Å². The number of nitrogens with one attached hydrogen (secondary N) is 2. The zero-order valence-electron chi connectivity index (χ0n) is 15.8. The number of thioether (sulfide) groups is 1. The van der Waals surface area contributed by atoms with E-state index in [9.17, 15) is 30.0 Å². The number of carbonyl (C=O) groups is 2. The molecular weight excluding hydrogens is 402 g/mol. The Bertz CT molecular complexity index is 807. The number of piperazine rings is 1. The maximum atomic E-state index is 12.8. The molecule has 2 bridgehead atoms. The van der Waals surface area contributed by atoms with Gasteiger partial charge in [-0.1, -0.05) is 12.1 Å². The van der Waals surface area contributed by atoms with Crippen molar-refractivity contribution in [3.63, 3.8) is 0 Å². The molecular formula is C18H25N3O7S. The Balaban J connectivity index is 1.85. The van der Waals surface area contributed by atoms with Crippen LogP contribution in [-0.4, -0.2) is 74.4 Å². The SMILES string of the molecule is C[C@@](O)(CO)[C@H](O)[C@@]12NC(=O)[C@@](O)(NC1=O)C(CSc1ccccc1N)CCO2. The van der Waals surface area contributed by atoms with Crippen molar-refractivity contribution in [3.05, 3.63) is 24.3 Å². The normalized spacial score (nSPS) is 32.5. The molecule has 3 aliphatic rings. The molecule has 2 amide bonds. The van der Waals surface area contributed by atoms with Crippen molar-refractivity contribution < 1.29 is 34.8 Å². The lowest BCUT2D eigenvalue weighted by molar-refractivity contribution is -0.240. The second-order valence-corrected chi connectivity index (χ2v) is 8.57. The van der Waals surface area contributed by atoms with Gasteiger partial charge in [-0.25, -0.2) is 0 Å². The van der Waals surface area contributed by atoms with E-state index in [1.54, 1.807) is 18.2 Å². The summed E-state index contributed by atoms with van der Waals surface area (Å²) in [5.41, 5.74) is -0.228. The van der Waals surface area contributed by atoms with E-state index >= 15 is 0 Å². The summed E-state index contributed by atoms with van der Waals surface area (Å²) in [6, 6.07) is 7.14. The number of amides is 2. The predicted molar refractivity (Wildman–Crippen MR) is 103 cm³/mol. The zero-order valence-corrected chi connectivity index (χ0v) is 16.6. The highest BCUT2D eigenvalue weighted by Gasteiger charge is 2.64. The van der Waals surface area contributed by atoms with Crippen molar-refractivity contribution in [2.45, 2.75) is 41.4 Å². The number of hydrogen-bond acceptors (Lipinski definition) is 9. The fourth-order valence-corrected chi connectivity index (χ4v) is 4.60. The zero-order chi connectivity index (χ0) is 21.4. The Kier molecular flexibility index (Phi) is 5.82. The fraction of sp³-hybridized carbons (Fsp3) is 0.556. The molecule has 29 heavy (non-hydrogen) atoms. The number of anilines is 1. The van der Waals surface area contributed by atoms with Gasteiger partial charge in [0.05, 0.1) is 13.2 Å². The van der Waals surface area contributed by atoms with Crippen molar-refractivity contribution in [2.24, 2.45) is 5.92 Å². The van der Waals surface area contributed by atoms with Crippen LogP contribution in [0.1, 0.15) is 13.3 Å². The highest BCUT2D eigenvalue weighted by Crippen LogP contribution is 2.37. The largest absolute Gasteiger partial charge is 0.398 e. The standard InChI is InChI=1S/C18H25N3O7S/c1-16(26,9-22)13(23)18-15(25)20-17(27,14(24)21-18)10(6-7-28-18)8-29-12-5-3-2-4-11(12)19/h2-5,10,13,22-23,26-27H,6-9,19H2,1H3,(H,20,25)(H,21,24)/t10?,13-,16+,17+,18-/m0/s1. The average Bonchev–Trinajstić information content (AvgIpc) is 2.67. The first-order chi connectivity index (χ1) is 13.6. The first-order valence-electron chi connectivity index (χ1n) is 9.07. The number of aliphatic hydroxyl groups excluding tert-OH is 2. The van der Waals surface area contributed by atoms with Crippen molar-refractivity contribution in [2.75, 3.05) is 24.7 Å². The summed E-state index contributed by atoms with van der Waals surface area (Å²) in [4.78, 5) is 26.3. The Labute approximate surface area is 171 Å². The van der Waals surface area contributed by atoms with E-state index in [4.69, 9.17) is 10.5 Å². The Morgan fingerprint density at radius 3 is 2.69 bits per heavy atom. The summed E-state index contributed by atoms with van der Waals surface area (Å²) in [5.74, 6) is -2.46. The number of benzene rings is 1. The summed E-state index contributed by atoms with van der Waals surface area (Å²) < 4.78 is 5.53. The second kappa shape index (κ2) is 7.74. The molecule has 4 rings (SSSR count). The highest BCUT2D eigenvalue weighted by atomic mass is 32.2. The van der Waals surface area contributed by atoms with Crippen molar-refractivity contribution in [1.82, 2.24) is 10.6 Å². The summed E-state index contributed by atoms with van der Waals surface area (Å²) in [5, 5.41) is 45.5. The smallest absolute Gasteiger partial charge is 0.278 e. The van der Waals surface area contributed by atoms with Crippen molar-refractivity contribution in [3.8, 4) is 0 Å². The van der Waals surface area contributed by atoms with Gasteiger partial charge in [-0.15, -0.1) is 11.8 Å². The van der Waals surface area contributed by atoms with Gasteiger partial charge in [-0.3, -0.25) is 9.59 Å². The van der Waals surface area contributed by atoms with Gasteiger partial charge in [0.25, 0.3) is 17.5 Å². The quantitative estimate of drug-likeness (QED) is 0.203. The molecule has 160 valence electrons. The molecule has 0 aliphatic carbocycles. The van der Waals surface area contributed by atoms with Crippen LogP contribution in [0.25, 0.3) is 0 Å². The third-order valence-corrected chi connectivity index (χ3v) is 6.58. The second-order valence-electron chi connectivity index (χ2n) is 7.51. The summed E-state index contributed by atoms with van der Waals surface area (Å²) in [7, 11) is 0. The number of nitrogen functional groups attached to an aromatic ring is 1. The number of hydrogen-bond donors (Lipinski definition) is 7. The van der Waals surface area contributed by atoms with Crippen LogP contribution in [0.5, 0.6) is 0 Å². The minimum absolute atomic E-state index is 0.0932. The number of rotatable bonds is 6. The van der Waals surface area contributed by atoms with Gasteiger partial charge in [0, 0.05) is 22.3 Å². The molecule has 0 radical (unpaired) electrons. The first-order valence-corrected chi connectivity index (χ1v) is 10.1. The summed E-state index contributed by atoms with van der Waals surface area (Å²) >= 11 is 1.33. The van der Waals surface area contributed by atoms with Gasteiger partial charge >= 0.3 is 0 Å². The molecule has 0 aromatic heterocycles. The van der Waals surface area contributed by atoms with Gasteiger partial charge < -0.3 is 41.5 Å². The maximum Gasteiger partial charge on any atom is 0.278 e. The van der Waals surface area contributed by atoms with E-state index in [1.807, 2.05) is 6.07 Å². The molecule has 0 spiro atoms. The topological polar surface area (TPSA) is 174 Å². The van der Waals surface area contributed by atoms with Crippen LogP contribution in [0, 0.1) is 5.92 Å². The Hall–Kier alpha value is -1.89. The number of aliphatic hydroxyl groups is 4. The fourth-order valence-electron chi connectivity index (χ4n) is 3.41. The van der Waals surface area contributed by atoms with Crippen molar-refractivity contribution >= 4 is 29.3 Å². The number of fused-ring (bicyclic) bond motifs is 5. The number of nitrogens with two attached hydrogens (primary N) is 1. The van der Waals surface area contributed by atoms with E-state index in [1.165, 1.54) is 11.8 Å². The first kappa shape index (κ1) is 21.8. The van der Waals surface area contributed by atoms with E-state index < -0.39 is 47.5 Å².